The van der Waals surface area contributed by atoms with Gasteiger partial charge in [0.25, 0.3) is 5.91 Å². The van der Waals surface area contributed by atoms with E-state index in [1.54, 1.807) is 37.2 Å². The minimum atomic E-state index is -3.51. The van der Waals surface area contributed by atoms with Crippen molar-refractivity contribution in [1.82, 2.24) is 9.80 Å². The third kappa shape index (κ3) is 4.25. The summed E-state index contributed by atoms with van der Waals surface area (Å²) in [5.74, 6) is -0.465. The summed E-state index contributed by atoms with van der Waals surface area (Å²) < 4.78 is 25.3. The molecule has 2 amide bonds. The molecule has 2 rings (SSSR count). The minimum Gasteiger partial charge on any atom is -0.344 e. The van der Waals surface area contributed by atoms with Crippen molar-refractivity contribution in [3.63, 3.8) is 0 Å². The molecule has 1 saturated heterocycles. The molecule has 0 radical (unpaired) electrons. The van der Waals surface area contributed by atoms with Crippen LogP contribution in [0.3, 0.4) is 0 Å². The van der Waals surface area contributed by atoms with Gasteiger partial charge in [0.15, 0.2) is 0 Å². The first-order valence-electron chi connectivity index (χ1n) is 7.79. The molecule has 7 nitrogen and oxygen atoms in total. The van der Waals surface area contributed by atoms with E-state index < -0.39 is 16.1 Å². The summed E-state index contributed by atoms with van der Waals surface area (Å²) in [5.41, 5.74) is 0.441. The Morgan fingerprint density at radius 1 is 1.29 bits per heavy atom. The van der Waals surface area contributed by atoms with Gasteiger partial charge in [0.2, 0.25) is 15.9 Å². The van der Waals surface area contributed by atoms with E-state index in [1.807, 2.05) is 0 Å². The van der Waals surface area contributed by atoms with Crippen LogP contribution < -0.4 is 4.72 Å². The number of anilines is 1. The Labute approximate surface area is 142 Å². The molecule has 1 unspecified atom stereocenters. The predicted molar refractivity (Wildman–Crippen MR) is 92.3 cm³/mol. The summed E-state index contributed by atoms with van der Waals surface area (Å²) in [7, 11) is -0.186. The summed E-state index contributed by atoms with van der Waals surface area (Å²) >= 11 is 0. The lowest BCUT2D eigenvalue weighted by atomic mass is 10.1. The van der Waals surface area contributed by atoms with E-state index in [4.69, 9.17) is 0 Å². The van der Waals surface area contributed by atoms with Crippen molar-refractivity contribution in [3.05, 3.63) is 29.8 Å². The maximum Gasteiger partial charge on any atom is 0.256 e. The number of nitrogens with one attached hydrogen (secondary N) is 1. The number of hydrogen-bond donors (Lipinski definition) is 1. The number of benzene rings is 1. The number of para-hydroxylation sites is 1. The molecule has 0 spiro atoms. The second-order valence-electron chi connectivity index (χ2n) is 6.11. The normalized spacial score (nSPS) is 18.9. The standard InChI is InChI=1S/C16H23N3O4S/c1-18-11-7-6-10-14(16(18)21)19(2)15(20)12-8-4-5-9-13(12)17-24(3,22)23/h4-5,8-9,14,17H,6-7,10-11H2,1-3H3. The summed E-state index contributed by atoms with van der Waals surface area (Å²) in [6.07, 6.45) is 3.41. The van der Waals surface area contributed by atoms with Crippen LogP contribution in [0.4, 0.5) is 5.69 Å². The first-order chi connectivity index (χ1) is 11.2. The van der Waals surface area contributed by atoms with Crippen LogP contribution in [0.2, 0.25) is 0 Å². The van der Waals surface area contributed by atoms with Crippen LogP contribution in [0.1, 0.15) is 29.6 Å². The van der Waals surface area contributed by atoms with Gasteiger partial charge in [-0.1, -0.05) is 12.1 Å². The highest BCUT2D eigenvalue weighted by molar-refractivity contribution is 7.92. The van der Waals surface area contributed by atoms with Gasteiger partial charge in [-0.2, -0.15) is 0 Å². The molecular weight excluding hydrogens is 330 g/mol. The molecule has 132 valence electrons. The predicted octanol–water partition coefficient (Wildman–Crippen LogP) is 1.14. The van der Waals surface area contributed by atoms with Crippen molar-refractivity contribution in [2.45, 2.75) is 25.3 Å². The quantitative estimate of drug-likeness (QED) is 0.879. The van der Waals surface area contributed by atoms with Gasteiger partial charge in [0.05, 0.1) is 17.5 Å². The number of carbonyl (C=O) groups is 2. The number of hydrogen-bond acceptors (Lipinski definition) is 4. The molecule has 1 atom stereocenters. The van der Waals surface area contributed by atoms with Gasteiger partial charge >= 0.3 is 0 Å². The average molecular weight is 353 g/mol. The fraction of sp³-hybridized carbons (Fsp3) is 0.500. The van der Waals surface area contributed by atoms with E-state index >= 15 is 0 Å². The smallest absolute Gasteiger partial charge is 0.256 e. The van der Waals surface area contributed by atoms with Gasteiger partial charge in [-0.15, -0.1) is 0 Å². The molecule has 1 fully saturated rings. The average Bonchev–Trinajstić information content (AvgIpc) is 2.67. The molecule has 1 N–H and O–H groups in total. The van der Waals surface area contributed by atoms with Gasteiger partial charge in [0, 0.05) is 20.6 Å². The second kappa shape index (κ2) is 7.21. The van der Waals surface area contributed by atoms with E-state index in [2.05, 4.69) is 4.72 Å². The number of nitrogens with zero attached hydrogens (tertiary/aromatic N) is 2. The van der Waals surface area contributed by atoms with Gasteiger partial charge in [-0.3, -0.25) is 14.3 Å². The van der Waals surface area contributed by atoms with Crippen molar-refractivity contribution in [1.29, 1.82) is 0 Å². The lowest BCUT2D eigenvalue weighted by Crippen LogP contribution is -2.47. The molecule has 1 aliphatic rings. The summed E-state index contributed by atoms with van der Waals surface area (Å²) in [6, 6.07) is 5.86. The van der Waals surface area contributed by atoms with Gasteiger partial charge in [-0.25, -0.2) is 8.42 Å². The van der Waals surface area contributed by atoms with Crippen LogP contribution >= 0.6 is 0 Å². The number of carbonyl (C=O) groups excluding carboxylic acids is 2. The molecule has 8 heteroatoms. The Hall–Kier alpha value is -2.09. The zero-order valence-electron chi connectivity index (χ0n) is 14.2. The fourth-order valence-corrected chi connectivity index (χ4v) is 3.40. The fourth-order valence-electron chi connectivity index (χ4n) is 2.82. The zero-order valence-corrected chi connectivity index (χ0v) is 15.0. The molecule has 1 aromatic carbocycles. The highest BCUT2D eigenvalue weighted by Crippen LogP contribution is 2.22. The topological polar surface area (TPSA) is 86.8 Å². The zero-order chi connectivity index (χ0) is 17.9. The van der Waals surface area contributed by atoms with Crippen LogP contribution in [-0.4, -0.2) is 63.0 Å². The van der Waals surface area contributed by atoms with Crippen LogP contribution in [0.25, 0.3) is 0 Å². The van der Waals surface area contributed by atoms with Crippen molar-refractivity contribution >= 4 is 27.5 Å². The molecule has 24 heavy (non-hydrogen) atoms. The van der Waals surface area contributed by atoms with E-state index in [1.165, 1.54) is 11.0 Å². The van der Waals surface area contributed by atoms with Crippen LogP contribution in [0.5, 0.6) is 0 Å². The monoisotopic (exact) mass is 353 g/mol. The van der Waals surface area contributed by atoms with Crippen molar-refractivity contribution in [2.24, 2.45) is 0 Å². The molecule has 0 aromatic heterocycles. The van der Waals surface area contributed by atoms with Crippen molar-refractivity contribution in [3.8, 4) is 0 Å². The Balaban J connectivity index is 2.29. The maximum absolute atomic E-state index is 12.8. The third-order valence-corrected chi connectivity index (χ3v) is 4.71. The highest BCUT2D eigenvalue weighted by atomic mass is 32.2. The van der Waals surface area contributed by atoms with Gasteiger partial charge < -0.3 is 9.80 Å². The molecule has 0 aliphatic carbocycles. The molecule has 1 aromatic rings. The van der Waals surface area contributed by atoms with Crippen LogP contribution in [-0.2, 0) is 14.8 Å². The van der Waals surface area contributed by atoms with E-state index in [0.29, 0.717) is 13.0 Å². The number of sulfonamides is 1. The van der Waals surface area contributed by atoms with Gasteiger partial charge in [-0.05, 0) is 31.4 Å². The summed E-state index contributed by atoms with van der Waals surface area (Å²) in [5, 5.41) is 0. The Morgan fingerprint density at radius 2 is 1.96 bits per heavy atom. The number of likely N-dealkylation sites (N-methyl/N-ethyl adjacent to an activating group) is 2. The molecule has 1 aliphatic heterocycles. The lowest BCUT2D eigenvalue weighted by molar-refractivity contribution is -0.133. The number of amides is 2. The SMILES string of the molecule is CN1CCCCC(N(C)C(=O)c2ccccc2NS(C)(=O)=O)C1=O. The van der Waals surface area contributed by atoms with Crippen molar-refractivity contribution in [2.75, 3.05) is 31.6 Å². The molecule has 1 heterocycles. The van der Waals surface area contributed by atoms with E-state index in [-0.39, 0.29) is 23.1 Å². The first-order valence-corrected chi connectivity index (χ1v) is 9.69. The molecular formula is C16H23N3O4S. The second-order valence-corrected chi connectivity index (χ2v) is 7.86. The number of likely N-dealkylation sites (tertiary alicyclic amines) is 1. The summed E-state index contributed by atoms with van der Waals surface area (Å²) in [6.45, 7) is 0.684. The first kappa shape index (κ1) is 18.3. The number of rotatable bonds is 4. The van der Waals surface area contributed by atoms with E-state index in [0.717, 1.165) is 19.1 Å². The van der Waals surface area contributed by atoms with Gasteiger partial charge in [0.1, 0.15) is 6.04 Å². The Kier molecular flexibility index (Phi) is 5.48. The van der Waals surface area contributed by atoms with Crippen LogP contribution in [0.15, 0.2) is 24.3 Å². The Morgan fingerprint density at radius 3 is 2.62 bits per heavy atom. The molecule has 0 bridgehead atoms. The maximum atomic E-state index is 12.8. The largest absolute Gasteiger partial charge is 0.344 e. The summed E-state index contributed by atoms with van der Waals surface area (Å²) in [4.78, 5) is 28.3. The van der Waals surface area contributed by atoms with E-state index in [9.17, 15) is 18.0 Å². The minimum absolute atomic E-state index is 0.0862. The third-order valence-electron chi connectivity index (χ3n) is 4.12. The van der Waals surface area contributed by atoms with Crippen LogP contribution in [0, 0.1) is 0 Å². The Bertz CT molecular complexity index is 733. The highest BCUT2D eigenvalue weighted by Gasteiger charge is 2.32. The van der Waals surface area contributed by atoms with Crippen molar-refractivity contribution < 1.29 is 18.0 Å². The molecule has 0 saturated carbocycles. The lowest BCUT2D eigenvalue weighted by Gasteiger charge is -2.29.